The molecule has 6 heteroatoms. The van der Waals surface area contributed by atoms with Crippen LogP contribution in [0.25, 0.3) is 0 Å². The van der Waals surface area contributed by atoms with Crippen molar-refractivity contribution in [3.63, 3.8) is 0 Å². The van der Waals surface area contributed by atoms with Gasteiger partial charge in [0.25, 0.3) is 0 Å². The van der Waals surface area contributed by atoms with E-state index in [9.17, 15) is 13.6 Å². The third-order valence-corrected chi connectivity index (χ3v) is 2.65. The molecule has 1 amide bonds. The van der Waals surface area contributed by atoms with Crippen LogP contribution in [0.4, 0.5) is 20.2 Å². The Balaban J connectivity index is 1.92. The van der Waals surface area contributed by atoms with Gasteiger partial charge in [0.15, 0.2) is 11.6 Å². The number of amides is 1. The maximum Gasteiger partial charge on any atom is 0.243 e. The molecule has 0 aliphatic rings. The van der Waals surface area contributed by atoms with E-state index < -0.39 is 17.5 Å². The van der Waals surface area contributed by atoms with Crippen LogP contribution in [-0.4, -0.2) is 12.5 Å². The van der Waals surface area contributed by atoms with Crippen LogP contribution in [0.15, 0.2) is 42.5 Å². The zero-order chi connectivity index (χ0) is 15.2. The molecule has 0 aliphatic heterocycles. The number of carbonyl (C=O) groups is 1. The van der Waals surface area contributed by atoms with Crippen molar-refractivity contribution in [2.24, 2.45) is 0 Å². The third kappa shape index (κ3) is 4.01. The molecule has 21 heavy (non-hydrogen) atoms. The summed E-state index contributed by atoms with van der Waals surface area (Å²) < 4.78 is 25.7. The van der Waals surface area contributed by atoms with Gasteiger partial charge in [-0.3, -0.25) is 4.79 Å². The smallest absolute Gasteiger partial charge is 0.243 e. The summed E-state index contributed by atoms with van der Waals surface area (Å²) in [6.07, 6.45) is 0. The SMILES string of the molecule is N#Cc1cccc(NCC(=O)Nc2ccc(F)c(F)c2)c1. The van der Waals surface area contributed by atoms with Gasteiger partial charge in [-0.15, -0.1) is 0 Å². The highest BCUT2D eigenvalue weighted by Crippen LogP contribution is 2.13. The van der Waals surface area contributed by atoms with Crippen LogP contribution in [0.5, 0.6) is 0 Å². The highest BCUT2D eigenvalue weighted by molar-refractivity contribution is 5.93. The average molecular weight is 287 g/mol. The van der Waals surface area contributed by atoms with Crippen LogP contribution in [0.1, 0.15) is 5.56 Å². The minimum absolute atomic E-state index is 0.0616. The van der Waals surface area contributed by atoms with Crippen molar-refractivity contribution >= 4 is 17.3 Å². The molecule has 4 nitrogen and oxygen atoms in total. The van der Waals surface area contributed by atoms with E-state index in [0.717, 1.165) is 12.1 Å². The second-order valence-electron chi connectivity index (χ2n) is 4.22. The van der Waals surface area contributed by atoms with E-state index in [1.807, 2.05) is 6.07 Å². The Bertz CT molecular complexity index is 710. The van der Waals surface area contributed by atoms with Gasteiger partial charge in [-0.05, 0) is 30.3 Å². The summed E-state index contributed by atoms with van der Waals surface area (Å²) in [5.41, 5.74) is 1.27. The normalized spacial score (nSPS) is 9.76. The zero-order valence-electron chi connectivity index (χ0n) is 10.9. The van der Waals surface area contributed by atoms with Gasteiger partial charge in [-0.1, -0.05) is 6.07 Å². The number of hydrogen-bond acceptors (Lipinski definition) is 3. The minimum atomic E-state index is -1.03. The van der Waals surface area contributed by atoms with Gasteiger partial charge in [0.2, 0.25) is 5.91 Å². The first-order chi connectivity index (χ1) is 10.1. The van der Waals surface area contributed by atoms with Crippen molar-refractivity contribution in [1.82, 2.24) is 0 Å². The van der Waals surface area contributed by atoms with Crippen LogP contribution < -0.4 is 10.6 Å². The summed E-state index contributed by atoms with van der Waals surface area (Å²) >= 11 is 0. The summed E-state index contributed by atoms with van der Waals surface area (Å²) in [5, 5.41) is 14.0. The first kappa shape index (κ1) is 14.5. The molecule has 0 saturated heterocycles. The van der Waals surface area contributed by atoms with Crippen molar-refractivity contribution < 1.29 is 13.6 Å². The van der Waals surface area contributed by atoms with Gasteiger partial charge < -0.3 is 10.6 Å². The number of nitrogens with zero attached hydrogens (tertiary/aromatic N) is 1. The van der Waals surface area contributed by atoms with Crippen molar-refractivity contribution in [3.8, 4) is 6.07 Å². The van der Waals surface area contributed by atoms with Crippen LogP contribution in [-0.2, 0) is 4.79 Å². The second-order valence-corrected chi connectivity index (χ2v) is 4.22. The number of anilines is 2. The highest BCUT2D eigenvalue weighted by Gasteiger charge is 2.06. The van der Waals surface area contributed by atoms with E-state index in [-0.39, 0.29) is 12.2 Å². The molecule has 0 saturated carbocycles. The fraction of sp³-hybridized carbons (Fsp3) is 0.0667. The molecule has 0 bridgehead atoms. The monoisotopic (exact) mass is 287 g/mol. The lowest BCUT2D eigenvalue weighted by Crippen LogP contribution is -2.21. The largest absolute Gasteiger partial charge is 0.376 e. The lowest BCUT2D eigenvalue weighted by molar-refractivity contribution is -0.114. The Morgan fingerprint density at radius 3 is 2.62 bits per heavy atom. The third-order valence-electron chi connectivity index (χ3n) is 2.65. The van der Waals surface area contributed by atoms with E-state index in [4.69, 9.17) is 5.26 Å². The molecule has 0 unspecified atom stereocenters. The van der Waals surface area contributed by atoms with Crippen molar-refractivity contribution in [2.45, 2.75) is 0 Å². The summed E-state index contributed by atoms with van der Waals surface area (Å²) in [5.74, 6) is -2.41. The van der Waals surface area contributed by atoms with Gasteiger partial charge in [-0.25, -0.2) is 8.78 Å². The van der Waals surface area contributed by atoms with Gasteiger partial charge >= 0.3 is 0 Å². The number of nitrogens with one attached hydrogen (secondary N) is 2. The molecule has 0 aliphatic carbocycles. The predicted octanol–water partition coefficient (Wildman–Crippen LogP) is 2.89. The number of rotatable bonds is 4. The molecular weight excluding hydrogens is 276 g/mol. The number of carbonyl (C=O) groups excluding carboxylic acids is 1. The Labute approximate surface area is 120 Å². The zero-order valence-corrected chi connectivity index (χ0v) is 10.9. The lowest BCUT2D eigenvalue weighted by atomic mass is 10.2. The highest BCUT2D eigenvalue weighted by atomic mass is 19.2. The maximum absolute atomic E-state index is 13.0. The molecule has 0 fully saturated rings. The summed E-state index contributed by atoms with van der Waals surface area (Å²) in [6.45, 7) is -0.0616. The summed E-state index contributed by atoms with van der Waals surface area (Å²) in [7, 11) is 0. The van der Waals surface area contributed by atoms with Gasteiger partial charge in [0.05, 0.1) is 18.2 Å². The molecule has 0 aromatic heterocycles. The maximum atomic E-state index is 13.0. The van der Waals surface area contributed by atoms with Gasteiger partial charge in [0.1, 0.15) is 0 Å². The summed E-state index contributed by atoms with van der Waals surface area (Å²) in [4.78, 5) is 11.7. The Morgan fingerprint density at radius 2 is 1.90 bits per heavy atom. The van der Waals surface area contributed by atoms with Crippen LogP contribution in [0, 0.1) is 23.0 Å². The molecule has 2 aromatic rings. The molecule has 106 valence electrons. The van der Waals surface area contributed by atoms with E-state index in [2.05, 4.69) is 10.6 Å². The van der Waals surface area contributed by atoms with Crippen molar-refractivity contribution in [1.29, 1.82) is 5.26 Å². The van der Waals surface area contributed by atoms with Gasteiger partial charge in [0, 0.05) is 17.4 Å². The Kier molecular flexibility index (Phi) is 4.46. The quantitative estimate of drug-likeness (QED) is 0.908. The van der Waals surface area contributed by atoms with Crippen molar-refractivity contribution in [3.05, 3.63) is 59.7 Å². The van der Waals surface area contributed by atoms with Crippen LogP contribution >= 0.6 is 0 Å². The fourth-order valence-corrected chi connectivity index (χ4v) is 1.66. The van der Waals surface area contributed by atoms with E-state index in [0.29, 0.717) is 11.3 Å². The number of nitriles is 1. The molecule has 0 radical (unpaired) electrons. The molecule has 2 aromatic carbocycles. The average Bonchev–Trinajstić information content (AvgIpc) is 2.49. The fourth-order valence-electron chi connectivity index (χ4n) is 1.66. The molecule has 0 spiro atoms. The Morgan fingerprint density at radius 1 is 1.10 bits per heavy atom. The minimum Gasteiger partial charge on any atom is -0.376 e. The van der Waals surface area contributed by atoms with Crippen LogP contribution in [0.3, 0.4) is 0 Å². The number of benzene rings is 2. The van der Waals surface area contributed by atoms with E-state index in [1.54, 1.807) is 24.3 Å². The van der Waals surface area contributed by atoms with E-state index in [1.165, 1.54) is 6.07 Å². The lowest BCUT2D eigenvalue weighted by Gasteiger charge is -2.08. The molecular formula is C15H11F2N3O. The Hall–Kier alpha value is -2.94. The summed E-state index contributed by atoms with van der Waals surface area (Å²) in [6, 6.07) is 11.8. The number of hydrogen-bond donors (Lipinski definition) is 2. The molecule has 2 rings (SSSR count). The van der Waals surface area contributed by atoms with Crippen molar-refractivity contribution in [2.75, 3.05) is 17.2 Å². The standard InChI is InChI=1S/C15H11F2N3O/c16-13-5-4-12(7-14(13)17)20-15(21)9-19-11-3-1-2-10(6-11)8-18/h1-7,19H,9H2,(H,20,21). The van der Waals surface area contributed by atoms with Gasteiger partial charge in [-0.2, -0.15) is 5.26 Å². The molecule has 0 heterocycles. The first-order valence-corrected chi connectivity index (χ1v) is 6.07. The molecule has 2 N–H and O–H groups in total. The molecule has 0 atom stereocenters. The first-order valence-electron chi connectivity index (χ1n) is 6.07. The predicted molar refractivity (Wildman–Crippen MR) is 74.6 cm³/mol. The number of halogens is 2. The second kappa shape index (κ2) is 6.48. The van der Waals surface area contributed by atoms with E-state index >= 15 is 0 Å². The topological polar surface area (TPSA) is 64.9 Å². The van der Waals surface area contributed by atoms with Crippen LogP contribution in [0.2, 0.25) is 0 Å².